The molecular weight excluding hydrogens is 523 g/mol. The Morgan fingerprint density at radius 2 is 1.88 bits per heavy atom. The number of rotatable bonds is 3. The monoisotopic (exact) mass is 534 g/mol. The van der Waals surface area contributed by atoms with E-state index in [0.717, 1.165) is 12.1 Å². The van der Waals surface area contributed by atoms with E-state index >= 15 is 0 Å². The Labute approximate surface area is 191 Å². The Bertz CT molecular complexity index is 1160. The first-order valence-electron chi connectivity index (χ1n) is 9.17. The second-order valence-corrected chi connectivity index (χ2v) is 8.39. The lowest BCUT2D eigenvalue weighted by Crippen LogP contribution is -2.35. The third-order valence-electron chi connectivity index (χ3n) is 4.94. The van der Waals surface area contributed by atoms with Crippen molar-refractivity contribution in [3.8, 4) is 0 Å². The molecule has 2 heterocycles. The van der Waals surface area contributed by atoms with Gasteiger partial charge in [-0.1, -0.05) is 23.7 Å². The fraction of sp³-hybridized carbons (Fsp3) is 0.200. The standard InChI is InChI=1S/C20H13BrClF5N4O/c21-12-5-11(23)6-13(24)18(12)29-19(32)15-8-17-28-14(9-1-3-10(22)4-2-9)7-16(20(25,26)27)31(17)30-15/h1-6,8,14,16,28H,7H2,(H,29,32)/t14-,16+/m1/s1. The molecule has 0 saturated carbocycles. The number of amides is 1. The minimum atomic E-state index is -4.63. The number of hydrogen-bond acceptors (Lipinski definition) is 3. The Hall–Kier alpha value is -2.66. The Morgan fingerprint density at radius 1 is 1.19 bits per heavy atom. The lowest BCUT2D eigenvalue weighted by Gasteiger charge is -2.33. The van der Waals surface area contributed by atoms with E-state index in [0.29, 0.717) is 21.3 Å². The highest BCUT2D eigenvalue weighted by molar-refractivity contribution is 9.10. The van der Waals surface area contributed by atoms with Crippen molar-refractivity contribution < 1.29 is 26.7 Å². The largest absolute Gasteiger partial charge is 0.410 e. The minimum absolute atomic E-state index is 0.0256. The van der Waals surface area contributed by atoms with E-state index in [4.69, 9.17) is 11.6 Å². The molecule has 0 aliphatic carbocycles. The average molecular weight is 536 g/mol. The molecule has 0 unspecified atom stereocenters. The number of aromatic nitrogens is 2. The van der Waals surface area contributed by atoms with Gasteiger partial charge in [-0.15, -0.1) is 0 Å². The summed E-state index contributed by atoms with van der Waals surface area (Å²) in [5.41, 5.74) is -0.143. The minimum Gasteiger partial charge on any atom is -0.363 e. The van der Waals surface area contributed by atoms with Crippen LogP contribution in [-0.4, -0.2) is 21.9 Å². The Balaban J connectivity index is 1.66. The number of benzene rings is 2. The van der Waals surface area contributed by atoms with Crippen molar-refractivity contribution in [3.05, 3.63) is 74.9 Å². The first kappa shape index (κ1) is 22.5. The Kier molecular flexibility index (Phi) is 5.89. The van der Waals surface area contributed by atoms with Crippen LogP contribution < -0.4 is 10.6 Å². The molecule has 3 aromatic rings. The van der Waals surface area contributed by atoms with Gasteiger partial charge in [0.05, 0.1) is 11.7 Å². The van der Waals surface area contributed by atoms with Crippen LogP contribution in [0.2, 0.25) is 5.02 Å². The van der Waals surface area contributed by atoms with Crippen LogP contribution in [0.15, 0.2) is 46.9 Å². The molecule has 168 valence electrons. The summed E-state index contributed by atoms with van der Waals surface area (Å²) in [7, 11) is 0. The third-order valence-corrected chi connectivity index (χ3v) is 5.82. The fourth-order valence-corrected chi connectivity index (χ4v) is 4.07. The van der Waals surface area contributed by atoms with E-state index < -0.39 is 35.8 Å². The summed E-state index contributed by atoms with van der Waals surface area (Å²) in [4.78, 5) is 12.6. The van der Waals surface area contributed by atoms with E-state index in [1.807, 2.05) is 0 Å². The first-order valence-corrected chi connectivity index (χ1v) is 10.3. The van der Waals surface area contributed by atoms with Gasteiger partial charge >= 0.3 is 6.18 Å². The van der Waals surface area contributed by atoms with Gasteiger partial charge in [-0.05, 0) is 39.7 Å². The van der Waals surface area contributed by atoms with Gasteiger partial charge in [-0.25, -0.2) is 13.5 Å². The molecule has 12 heteroatoms. The highest BCUT2D eigenvalue weighted by Crippen LogP contribution is 2.43. The first-order chi connectivity index (χ1) is 15.0. The number of alkyl halides is 3. The topological polar surface area (TPSA) is 59.0 Å². The van der Waals surface area contributed by atoms with Crippen LogP contribution in [0.25, 0.3) is 0 Å². The highest BCUT2D eigenvalue weighted by atomic mass is 79.9. The molecule has 0 spiro atoms. The van der Waals surface area contributed by atoms with Crippen molar-refractivity contribution in [2.75, 3.05) is 10.6 Å². The van der Waals surface area contributed by atoms with Gasteiger partial charge in [0, 0.05) is 28.0 Å². The molecule has 0 radical (unpaired) electrons. The van der Waals surface area contributed by atoms with Crippen LogP contribution in [0, 0.1) is 11.6 Å². The smallest absolute Gasteiger partial charge is 0.363 e. The molecule has 1 aliphatic heterocycles. The van der Waals surface area contributed by atoms with Crippen LogP contribution in [-0.2, 0) is 0 Å². The zero-order valence-corrected chi connectivity index (χ0v) is 18.2. The van der Waals surface area contributed by atoms with E-state index in [1.165, 1.54) is 0 Å². The fourth-order valence-electron chi connectivity index (χ4n) is 3.44. The summed E-state index contributed by atoms with van der Waals surface area (Å²) in [6.45, 7) is 0. The van der Waals surface area contributed by atoms with Crippen LogP contribution >= 0.6 is 27.5 Å². The molecule has 1 aliphatic rings. The number of halogens is 7. The van der Waals surface area contributed by atoms with Crippen LogP contribution in [0.4, 0.5) is 33.5 Å². The molecule has 4 rings (SSSR count). The number of carbonyl (C=O) groups is 1. The van der Waals surface area contributed by atoms with Crippen LogP contribution in [0.1, 0.15) is 34.6 Å². The van der Waals surface area contributed by atoms with Gasteiger partial charge in [0.15, 0.2) is 17.6 Å². The molecule has 2 atom stereocenters. The number of hydrogen-bond donors (Lipinski definition) is 2. The molecule has 0 saturated heterocycles. The quantitative estimate of drug-likeness (QED) is 0.377. The summed E-state index contributed by atoms with van der Waals surface area (Å²) in [5.74, 6) is -2.90. The van der Waals surface area contributed by atoms with E-state index in [9.17, 15) is 26.7 Å². The highest BCUT2D eigenvalue weighted by Gasteiger charge is 2.46. The second-order valence-electron chi connectivity index (χ2n) is 7.10. The summed E-state index contributed by atoms with van der Waals surface area (Å²) < 4.78 is 69.2. The van der Waals surface area contributed by atoms with Gasteiger partial charge in [-0.2, -0.15) is 18.3 Å². The number of nitrogens with one attached hydrogen (secondary N) is 2. The van der Waals surface area contributed by atoms with Crippen molar-refractivity contribution in [1.29, 1.82) is 0 Å². The predicted molar refractivity (Wildman–Crippen MR) is 112 cm³/mol. The Morgan fingerprint density at radius 3 is 2.50 bits per heavy atom. The van der Waals surface area contributed by atoms with Gasteiger partial charge in [-0.3, -0.25) is 4.79 Å². The lowest BCUT2D eigenvalue weighted by molar-refractivity contribution is -0.173. The van der Waals surface area contributed by atoms with Crippen LogP contribution in [0.3, 0.4) is 0 Å². The SMILES string of the molecule is O=C(Nc1c(F)cc(F)cc1Br)c1cc2n(n1)[C@H](C(F)(F)F)C[C@H](c1ccc(Cl)cc1)N2. The number of nitrogens with zero attached hydrogens (tertiary/aromatic N) is 2. The van der Waals surface area contributed by atoms with Crippen molar-refractivity contribution in [2.24, 2.45) is 0 Å². The van der Waals surface area contributed by atoms with Crippen molar-refractivity contribution >= 4 is 44.9 Å². The summed E-state index contributed by atoms with van der Waals surface area (Å²) in [6, 6.07) is 6.32. The molecule has 1 amide bonds. The molecular formula is C20H13BrClF5N4O. The predicted octanol–water partition coefficient (Wildman–Crippen LogP) is 6.49. The second kappa shape index (κ2) is 8.36. The molecule has 0 fully saturated rings. The molecule has 5 nitrogen and oxygen atoms in total. The molecule has 2 aromatic carbocycles. The van der Waals surface area contributed by atoms with Crippen molar-refractivity contribution in [2.45, 2.75) is 24.7 Å². The van der Waals surface area contributed by atoms with E-state index in [2.05, 4.69) is 31.7 Å². The number of anilines is 2. The van der Waals surface area contributed by atoms with Crippen LogP contribution in [0.5, 0.6) is 0 Å². The molecule has 32 heavy (non-hydrogen) atoms. The maximum absolute atomic E-state index is 14.0. The van der Waals surface area contributed by atoms with E-state index in [1.54, 1.807) is 24.3 Å². The maximum atomic E-state index is 14.0. The van der Waals surface area contributed by atoms with Gasteiger partial charge in [0.25, 0.3) is 5.91 Å². The number of carbonyl (C=O) groups excluding carboxylic acids is 1. The number of fused-ring (bicyclic) bond motifs is 1. The van der Waals surface area contributed by atoms with E-state index in [-0.39, 0.29) is 28.1 Å². The summed E-state index contributed by atoms with van der Waals surface area (Å²) in [6.07, 6.45) is -4.99. The van der Waals surface area contributed by atoms with Gasteiger partial charge < -0.3 is 10.6 Å². The van der Waals surface area contributed by atoms with Crippen molar-refractivity contribution in [3.63, 3.8) is 0 Å². The molecule has 1 aromatic heterocycles. The van der Waals surface area contributed by atoms with Gasteiger partial charge in [0.1, 0.15) is 11.6 Å². The average Bonchev–Trinajstić information content (AvgIpc) is 3.13. The summed E-state index contributed by atoms with van der Waals surface area (Å²) >= 11 is 8.80. The van der Waals surface area contributed by atoms with Gasteiger partial charge in [0.2, 0.25) is 0 Å². The summed E-state index contributed by atoms with van der Waals surface area (Å²) in [5, 5.41) is 9.40. The zero-order chi connectivity index (χ0) is 23.2. The normalized spacial score (nSPS) is 18.1. The molecule has 0 bridgehead atoms. The molecule has 2 N–H and O–H groups in total. The lowest BCUT2D eigenvalue weighted by atomic mass is 9.97. The third kappa shape index (κ3) is 4.44. The van der Waals surface area contributed by atoms with Crippen molar-refractivity contribution in [1.82, 2.24) is 9.78 Å². The maximum Gasteiger partial charge on any atom is 0.410 e. The zero-order valence-electron chi connectivity index (χ0n) is 15.9.